The number of esters is 2. The first-order valence-electron chi connectivity index (χ1n) is 5.43. The van der Waals surface area contributed by atoms with E-state index in [-0.39, 0.29) is 17.1 Å². The average molecular weight is 291 g/mol. The van der Waals surface area contributed by atoms with Crippen molar-refractivity contribution in [3.63, 3.8) is 0 Å². The summed E-state index contributed by atoms with van der Waals surface area (Å²) in [5.41, 5.74) is 4.68. The Hall–Kier alpha value is -2.09. The number of hydrogen-bond donors (Lipinski definition) is 1. The van der Waals surface area contributed by atoms with Gasteiger partial charge in [0.15, 0.2) is 0 Å². The lowest BCUT2D eigenvalue weighted by atomic mass is 10.1. The van der Waals surface area contributed by atoms with Crippen molar-refractivity contribution in [2.45, 2.75) is 26.1 Å². The van der Waals surface area contributed by atoms with Crippen molar-refractivity contribution in [1.29, 1.82) is 0 Å². The molecule has 0 unspecified atom stereocenters. The smallest absolute Gasteiger partial charge is 0.407 e. The highest BCUT2D eigenvalue weighted by molar-refractivity contribution is 5.71. The van der Waals surface area contributed by atoms with Gasteiger partial charge in [-0.15, -0.1) is 0 Å². The Morgan fingerprint density at radius 1 is 1.05 bits per heavy atom. The van der Waals surface area contributed by atoms with Crippen molar-refractivity contribution >= 4 is 11.9 Å². The van der Waals surface area contributed by atoms with E-state index >= 15 is 0 Å². The van der Waals surface area contributed by atoms with Gasteiger partial charge in [-0.3, -0.25) is 9.59 Å². The number of benzene rings is 1. The van der Waals surface area contributed by atoms with E-state index in [4.69, 9.17) is 5.73 Å². The van der Waals surface area contributed by atoms with E-state index in [1.165, 1.54) is 0 Å². The van der Waals surface area contributed by atoms with Crippen molar-refractivity contribution in [1.82, 2.24) is 0 Å². The summed E-state index contributed by atoms with van der Waals surface area (Å²) >= 11 is 0. The predicted octanol–water partition coefficient (Wildman–Crippen LogP) is 2.10. The molecule has 0 spiro atoms. The molecule has 8 heteroatoms. The molecule has 0 saturated carbocycles. The zero-order valence-corrected chi connectivity index (χ0v) is 10.7. The highest BCUT2D eigenvalue weighted by Crippen LogP contribution is 2.34. The molecule has 0 bridgehead atoms. The number of alkyl halides is 3. The van der Waals surface area contributed by atoms with Crippen molar-refractivity contribution in [3.05, 3.63) is 23.8 Å². The molecule has 0 aliphatic carbocycles. The number of nitrogens with two attached hydrogens (primary N) is 1. The SMILES string of the molecule is CC(=O)Oc1cc(OC(C)=O)cc([C@@H](N)C(F)(F)F)c1. The molecule has 1 rings (SSSR count). The van der Waals surface area contributed by atoms with Crippen LogP contribution in [0.15, 0.2) is 18.2 Å². The molecule has 0 aliphatic rings. The Morgan fingerprint density at radius 3 is 1.75 bits per heavy atom. The van der Waals surface area contributed by atoms with Gasteiger partial charge < -0.3 is 15.2 Å². The molecule has 0 saturated heterocycles. The first-order valence-corrected chi connectivity index (χ1v) is 5.43. The minimum Gasteiger partial charge on any atom is -0.427 e. The van der Waals surface area contributed by atoms with Crippen LogP contribution in [0.1, 0.15) is 25.5 Å². The van der Waals surface area contributed by atoms with Gasteiger partial charge in [-0.05, 0) is 17.7 Å². The number of carbonyl (C=O) groups is 2. The van der Waals surface area contributed by atoms with Gasteiger partial charge >= 0.3 is 18.1 Å². The van der Waals surface area contributed by atoms with Crippen molar-refractivity contribution in [2.24, 2.45) is 5.73 Å². The first-order chi connectivity index (χ1) is 9.09. The third kappa shape index (κ3) is 4.54. The second-order valence-electron chi connectivity index (χ2n) is 3.94. The number of ether oxygens (including phenoxy) is 2. The molecule has 0 radical (unpaired) electrons. The van der Waals surface area contributed by atoms with Crippen molar-refractivity contribution in [3.8, 4) is 11.5 Å². The zero-order valence-electron chi connectivity index (χ0n) is 10.7. The topological polar surface area (TPSA) is 78.6 Å². The van der Waals surface area contributed by atoms with Gasteiger partial charge in [0.25, 0.3) is 0 Å². The van der Waals surface area contributed by atoms with Crippen LogP contribution in [0.3, 0.4) is 0 Å². The van der Waals surface area contributed by atoms with Gasteiger partial charge in [0, 0.05) is 19.9 Å². The molecule has 1 atom stereocenters. The Balaban J connectivity index is 3.22. The van der Waals surface area contributed by atoms with Gasteiger partial charge in [0.05, 0.1) is 0 Å². The second kappa shape index (κ2) is 5.91. The minimum absolute atomic E-state index is 0.189. The first kappa shape index (κ1) is 16.0. The highest BCUT2D eigenvalue weighted by atomic mass is 19.4. The summed E-state index contributed by atoms with van der Waals surface area (Å²) in [4.78, 5) is 21.7. The maximum atomic E-state index is 12.6. The van der Waals surface area contributed by atoms with Crippen LogP contribution in [0, 0.1) is 0 Å². The lowest BCUT2D eigenvalue weighted by Crippen LogP contribution is -2.28. The molecule has 1 aromatic rings. The molecule has 1 aromatic carbocycles. The van der Waals surface area contributed by atoms with Crippen LogP contribution in [0.25, 0.3) is 0 Å². The summed E-state index contributed by atoms with van der Waals surface area (Å²) in [6, 6.07) is 0.765. The van der Waals surface area contributed by atoms with E-state index in [9.17, 15) is 22.8 Å². The van der Waals surface area contributed by atoms with Gasteiger partial charge in [0.1, 0.15) is 17.5 Å². The summed E-state index contributed by atoms with van der Waals surface area (Å²) in [5, 5.41) is 0. The minimum atomic E-state index is -4.68. The zero-order chi connectivity index (χ0) is 15.5. The average Bonchev–Trinajstić information content (AvgIpc) is 2.24. The van der Waals surface area contributed by atoms with Crippen molar-refractivity contribution < 1.29 is 32.2 Å². The molecule has 20 heavy (non-hydrogen) atoms. The van der Waals surface area contributed by atoms with Crippen LogP contribution < -0.4 is 15.2 Å². The number of rotatable bonds is 3. The van der Waals surface area contributed by atoms with E-state index in [0.29, 0.717) is 0 Å². The molecule has 5 nitrogen and oxygen atoms in total. The fourth-order valence-corrected chi connectivity index (χ4v) is 1.41. The normalized spacial score (nSPS) is 12.7. The fraction of sp³-hybridized carbons (Fsp3) is 0.333. The van der Waals surface area contributed by atoms with Crippen LogP contribution >= 0.6 is 0 Å². The Morgan fingerprint density at radius 2 is 1.45 bits per heavy atom. The van der Waals surface area contributed by atoms with Crippen LogP contribution in [0.2, 0.25) is 0 Å². The summed E-state index contributed by atoms with van der Waals surface area (Å²) in [6.45, 7) is 2.17. The maximum absolute atomic E-state index is 12.6. The summed E-state index contributed by atoms with van der Waals surface area (Å²) in [6.07, 6.45) is -4.68. The predicted molar refractivity (Wildman–Crippen MR) is 62.0 cm³/mol. The van der Waals surface area contributed by atoms with Crippen LogP contribution in [0.4, 0.5) is 13.2 Å². The summed E-state index contributed by atoms with van der Waals surface area (Å²) in [7, 11) is 0. The van der Waals surface area contributed by atoms with Gasteiger partial charge in [-0.1, -0.05) is 0 Å². The van der Waals surface area contributed by atoms with Gasteiger partial charge in [0.2, 0.25) is 0 Å². The highest BCUT2D eigenvalue weighted by Gasteiger charge is 2.38. The third-order valence-corrected chi connectivity index (χ3v) is 2.14. The van der Waals surface area contributed by atoms with E-state index in [1.54, 1.807) is 0 Å². The molecule has 0 amide bonds. The molecule has 0 fully saturated rings. The second-order valence-corrected chi connectivity index (χ2v) is 3.94. The Labute approximate surface area is 112 Å². The quantitative estimate of drug-likeness (QED) is 0.681. The molecule has 0 aromatic heterocycles. The fourth-order valence-electron chi connectivity index (χ4n) is 1.41. The largest absolute Gasteiger partial charge is 0.427 e. The molecule has 110 valence electrons. The van der Waals surface area contributed by atoms with Crippen LogP contribution in [-0.2, 0) is 9.59 Å². The Kier molecular flexibility index (Phi) is 4.72. The van der Waals surface area contributed by atoms with Gasteiger partial charge in [-0.2, -0.15) is 13.2 Å². The van der Waals surface area contributed by atoms with Crippen LogP contribution in [-0.4, -0.2) is 18.1 Å². The molecule has 0 aliphatic heterocycles. The van der Waals surface area contributed by atoms with Gasteiger partial charge in [-0.25, -0.2) is 0 Å². The number of carbonyl (C=O) groups excluding carboxylic acids is 2. The molecule has 2 N–H and O–H groups in total. The van der Waals surface area contributed by atoms with E-state index in [1.807, 2.05) is 0 Å². The van der Waals surface area contributed by atoms with E-state index < -0.39 is 24.2 Å². The monoisotopic (exact) mass is 291 g/mol. The Bertz CT molecular complexity index is 494. The number of halogens is 3. The molecular weight excluding hydrogens is 279 g/mol. The maximum Gasteiger partial charge on any atom is 0.407 e. The van der Waals surface area contributed by atoms with E-state index in [2.05, 4.69) is 9.47 Å². The standard InChI is InChI=1S/C12H12F3NO4/c1-6(17)19-9-3-8(11(16)12(13,14)15)4-10(5-9)20-7(2)18/h3-5,11H,16H2,1-2H3/t11-/m1/s1. The van der Waals surface area contributed by atoms with E-state index in [0.717, 1.165) is 32.0 Å². The summed E-state index contributed by atoms with van der Waals surface area (Å²) < 4.78 is 47.1. The van der Waals surface area contributed by atoms with Crippen molar-refractivity contribution in [2.75, 3.05) is 0 Å². The molecular formula is C12H12F3NO4. The van der Waals surface area contributed by atoms with Crippen LogP contribution in [0.5, 0.6) is 11.5 Å². The lowest BCUT2D eigenvalue weighted by Gasteiger charge is -2.17. The third-order valence-electron chi connectivity index (χ3n) is 2.14. The lowest BCUT2D eigenvalue weighted by molar-refractivity contribution is -0.149. The molecule has 0 heterocycles. The number of hydrogen-bond acceptors (Lipinski definition) is 5. The summed E-state index contributed by atoms with van der Waals surface area (Å²) in [5.74, 6) is -1.83.